The number of rotatable bonds is 5. The van der Waals surface area contributed by atoms with Crippen molar-refractivity contribution in [2.45, 2.75) is 52.4 Å². The van der Waals surface area contributed by atoms with Gasteiger partial charge in [-0.15, -0.1) is 0 Å². The molecule has 0 aromatic carbocycles. The van der Waals surface area contributed by atoms with Gasteiger partial charge in [-0.05, 0) is 56.0 Å². The van der Waals surface area contributed by atoms with Gasteiger partial charge in [-0.1, -0.05) is 20.8 Å². The van der Waals surface area contributed by atoms with E-state index in [1.807, 2.05) is 19.3 Å². The number of likely N-dealkylation sites (tertiary alicyclic amines) is 1. The highest BCUT2D eigenvalue weighted by atomic mass is 19.1. The Bertz CT molecular complexity index is 1390. The third-order valence-corrected chi connectivity index (χ3v) is 7.75. The number of H-pyrrole nitrogens is 1. The molecule has 1 N–H and O–H groups in total. The molecule has 4 aromatic heterocycles. The second kappa shape index (κ2) is 8.38. The van der Waals surface area contributed by atoms with E-state index in [1.165, 1.54) is 0 Å². The molecule has 6 heterocycles. The molecule has 0 radical (unpaired) electrons. The van der Waals surface area contributed by atoms with E-state index in [0.29, 0.717) is 11.1 Å². The summed E-state index contributed by atoms with van der Waals surface area (Å²) in [5.74, 6) is 0.126. The first-order chi connectivity index (χ1) is 16.8. The van der Waals surface area contributed by atoms with Crippen LogP contribution in [0.1, 0.15) is 62.3 Å². The quantitative estimate of drug-likeness (QED) is 0.436. The molecule has 0 spiro atoms. The van der Waals surface area contributed by atoms with Gasteiger partial charge in [0.05, 0.1) is 36.3 Å². The van der Waals surface area contributed by atoms with Crippen molar-refractivity contribution in [2.75, 3.05) is 32.8 Å². The molecule has 7 nitrogen and oxygen atoms in total. The van der Waals surface area contributed by atoms with Crippen molar-refractivity contribution in [3.63, 3.8) is 0 Å². The molecule has 0 atom stereocenters. The number of fused-ring (bicyclic) bond motifs is 2. The minimum absolute atomic E-state index is 0.141. The second-order valence-corrected chi connectivity index (χ2v) is 11.1. The number of aromatic amines is 1. The average Bonchev–Trinajstić information content (AvgIpc) is 3.44. The van der Waals surface area contributed by atoms with Crippen LogP contribution in [0.5, 0.6) is 0 Å². The van der Waals surface area contributed by atoms with Gasteiger partial charge >= 0.3 is 0 Å². The number of ether oxygens (including phenoxy) is 1. The number of aromatic nitrogens is 5. The van der Waals surface area contributed by atoms with Gasteiger partial charge in [0.2, 0.25) is 0 Å². The molecule has 0 aliphatic carbocycles. The van der Waals surface area contributed by atoms with Crippen molar-refractivity contribution in [2.24, 2.45) is 5.41 Å². The van der Waals surface area contributed by atoms with E-state index in [-0.39, 0.29) is 23.1 Å². The maximum absolute atomic E-state index is 16.2. The van der Waals surface area contributed by atoms with E-state index in [0.717, 1.165) is 79.2 Å². The van der Waals surface area contributed by atoms with Gasteiger partial charge in [-0.3, -0.25) is 4.98 Å². The van der Waals surface area contributed by atoms with Crippen LogP contribution < -0.4 is 0 Å². The van der Waals surface area contributed by atoms with Gasteiger partial charge in [-0.2, -0.15) is 5.10 Å². The van der Waals surface area contributed by atoms with Crippen molar-refractivity contribution >= 4 is 16.6 Å². The number of nitrogens with one attached hydrogen (secondary N) is 1. The summed E-state index contributed by atoms with van der Waals surface area (Å²) >= 11 is 0. The summed E-state index contributed by atoms with van der Waals surface area (Å²) in [4.78, 5) is 15.0. The fraction of sp³-hybridized carbons (Fsp3) is 0.519. The lowest BCUT2D eigenvalue weighted by Gasteiger charge is -2.43. The van der Waals surface area contributed by atoms with Crippen molar-refractivity contribution < 1.29 is 9.13 Å². The lowest BCUT2D eigenvalue weighted by atomic mass is 9.85. The first kappa shape index (κ1) is 22.6. The Labute approximate surface area is 204 Å². The standard InChI is InChI=1S/C27H33FN6O/c1-16(2)21-22-20(32-24(21)19-9-17(3)26-30-15-31-34(26)11-19)10-29-25(23(22)28)18-5-7-33(8-6-18)12-27(4)13-35-14-27/h9-11,15-16,18,32H,5-8,12-14H2,1-4H3. The van der Waals surface area contributed by atoms with E-state index < -0.39 is 0 Å². The Balaban J connectivity index is 1.35. The second-order valence-electron chi connectivity index (χ2n) is 11.1. The number of hydrogen-bond acceptors (Lipinski definition) is 5. The molecule has 6 rings (SSSR count). The van der Waals surface area contributed by atoms with Crippen LogP contribution in [0.15, 0.2) is 24.8 Å². The van der Waals surface area contributed by atoms with Crippen LogP contribution >= 0.6 is 0 Å². The van der Waals surface area contributed by atoms with Crippen molar-refractivity contribution in [3.8, 4) is 11.3 Å². The molecule has 2 fully saturated rings. The first-order valence-electron chi connectivity index (χ1n) is 12.6. The van der Waals surface area contributed by atoms with Crippen LogP contribution in [0.3, 0.4) is 0 Å². The highest BCUT2D eigenvalue weighted by Crippen LogP contribution is 2.40. The molecule has 184 valence electrons. The van der Waals surface area contributed by atoms with Gasteiger partial charge in [0, 0.05) is 35.0 Å². The van der Waals surface area contributed by atoms with Crippen LogP contribution in [0.2, 0.25) is 0 Å². The maximum Gasteiger partial charge on any atom is 0.158 e. The molecule has 4 aromatic rings. The predicted octanol–water partition coefficient (Wildman–Crippen LogP) is 5.06. The van der Waals surface area contributed by atoms with Gasteiger partial charge in [0.15, 0.2) is 11.5 Å². The topological polar surface area (TPSA) is 71.3 Å². The number of aryl methyl sites for hydroxylation is 1. The van der Waals surface area contributed by atoms with Gasteiger partial charge in [0.25, 0.3) is 0 Å². The SMILES string of the molecule is Cc1cc(-c2[nH]c3cnc(C4CCN(CC5(C)COC5)CC4)c(F)c3c2C(C)C)cn2ncnc12. The summed E-state index contributed by atoms with van der Waals surface area (Å²) in [7, 11) is 0. The summed E-state index contributed by atoms with van der Waals surface area (Å²) < 4.78 is 23.4. The Hall–Kier alpha value is -2.84. The molecular weight excluding hydrogens is 443 g/mol. The fourth-order valence-corrected chi connectivity index (χ4v) is 5.95. The van der Waals surface area contributed by atoms with Crippen molar-refractivity contribution in [1.29, 1.82) is 0 Å². The van der Waals surface area contributed by atoms with E-state index in [2.05, 4.69) is 51.8 Å². The Kier molecular flexibility index (Phi) is 5.41. The molecule has 35 heavy (non-hydrogen) atoms. The van der Waals surface area contributed by atoms with Crippen molar-refractivity contribution in [3.05, 3.63) is 47.4 Å². The summed E-state index contributed by atoms with van der Waals surface area (Å²) in [5, 5.41) is 5.00. The minimum atomic E-state index is -0.162. The molecule has 2 aliphatic heterocycles. The lowest BCUT2D eigenvalue weighted by molar-refractivity contribution is -0.116. The lowest BCUT2D eigenvalue weighted by Crippen LogP contribution is -2.50. The van der Waals surface area contributed by atoms with E-state index in [4.69, 9.17) is 4.74 Å². The third kappa shape index (κ3) is 3.83. The number of pyridine rings is 2. The summed E-state index contributed by atoms with van der Waals surface area (Å²) in [6, 6.07) is 2.09. The largest absolute Gasteiger partial charge is 0.380 e. The smallest absolute Gasteiger partial charge is 0.158 e. The monoisotopic (exact) mass is 476 g/mol. The summed E-state index contributed by atoms with van der Waals surface area (Å²) in [6.45, 7) is 13.3. The zero-order valence-electron chi connectivity index (χ0n) is 20.9. The average molecular weight is 477 g/mol. The van der Waals surface area contributed by atoms with Crippen LogP contribution in [-0.4, -0.2) is 62.3 Å². The van der Waals surface area contributed by atoms with E-state index in [9.17, 15) is 0 Å². The number of nitrogens with zero attached hydrogens (tertiary/aromatic N) is 5. The molecule has 8 heteroatoms. The Morgan fingerprint density at radius 3 is 2.69 bits per heavy atom. The zero-order chi connectivity index (χ0) is 24.3. The normalized spacial score (nSPS) is 19.1. The van der Waals surface area contributed by atoms with Crippen LogP contribution in [0, 0.1) is 18.2 Å². The van der Waals surface area contributed by atoms with Gasteiger partial charge in [-0.25, -0.2) is 13.9 Å². The molecule has 0 unspecified atom stereocenters. The minimum Gasteiger partial charge on any atom is -0.380 e. The molecule has 0 bridgehead atoms. The number of halogens is 1. The molecule has 0 saturated carbocycles. The van der Waals surface area contributed by atoms with Crippen LogP contribution in [-0.2, 0) is 4.74 Å². The number of hydrogen-bond donors (Lipinski definition) is 1. The van der Waals surface area contributed by atoms with E-state index >= 15 is 4.39 Å². The summed E-state index contributed by atoms with van der Waals surface area (Å²) in [5.41, 5.74) is 6.40. The first-order valence-corrected chi connectivity index (χ1v) is 12.6. The number of piperidine rings is 1. The Morgan fingerprint density at radius 2 is 2.00 bits per heavy atom. The fourth-order valence-electron chi connectivity index (χ4n) is 5.95. The summed E-state index contributed by atoms with van der Waals surface area (Å²) in [6.07, 6.45) is 7.21. The van der Waals surface area contributed by atoms with Crippen molar-refractivity contribution in [1.82, 2.24) is 29.5 Å². The third-order valence-electron chi connectivity index (χ3n) is 7.75. The zero-order valence-corrected chi connectivity index (χ0v) is 20.9. The highest BCUT2D eigenvalue weighted by Gasteiger charge is 2.36. The van der Waals surface area contributed by atoms with Crippen LogP contribution in [0.25, 0.3) is 27.8 Å². The van der Waals surface area contributed by atoms with Gasteiger partial charge < -0.3 is 14.6 Å². The maximum atomic E-state index is 16.2. The Morgan fingerprint density at radius 1 is 1.23 bits per heavy atom. The molecular formula is C27H33FN6O. The molecule has 2 aliphatic rings. The van der Waals surface area contributed by atoms with Crippen LogP contribution in [0.4, 0.5) is 4.39 Å². The molecule has 2 saturated heterocycles. The van der Waals surface area contributed by atoms with E-state index in [1.54, 1.807) is 10.8 Å². The highest BCUT2D eigenvalue weighted by molar-refractivity contribution is 5.92. The predicted molar refractivity (Wildman–Crippen MR) is 134 cm³/mol. The molecule has 0 amide bonds. The van der Waals surface area contributed by atoms with Gasteiger partial charge in [0.1, 0.15) is 6.33 Å².